The number of β-lactam (4-membered cyclic amide) rings is 2. The molecular formula is C24H33IN4O6S2. The van der Waals surface area contributed by atoms with Crippen LogP contribution in [0.25, 0.3) is 0 Å². The molecule has 0 N–H and O–H groups in total. The second-order valence-corrected chi connectivity index (χ2v) is 16.0. The number of fused-ring (bicyclic) bond motifs is 2. The maximum Gasteiger partial charge on any atom is 0.333 e. The van der Waals surface area contributed by atoms with Gasteiger partial charge >= 0.3 is 11.9 Å². The average molecular weight is 665 g/mol. The quantitative estimate of drug-likeness (QED) is 0.0804. The maximum absolute atomic E-state index is 13.1. The van der Waals surface area contributed by atoms with E-state index in [0.29, 0.717) is 0 Å². The largest absolute Gasteiger partial charge is 0.426 e. The van der Waals surface area contributed by atoms with Crippen molar-refractivity contribution in [2.24, 2.45) is 4.99 Å². The van der Waals surface area contributed by atoms with Crippen molar-refractivity contribution < 1.29 is 28.7 Å². The molecule has 37 heavy (non-hydrogen) atoms. The Balaban J connectivity index is 1.16. The molecule has 0 aliphatic carbocycles. The van der Waals surface area contributed by atoms with Gasteiger partial charge in [0.1, 0.15) is 26.8 Å². The highest BCUT2D eigenvalue weighted by molar-refractivity contribution is 14.1. The van der Waals surface area contributed by atoms with Crippen LogP contribution in [0, 0.1) is 0 Å². The molecule has 0 radical (unpaired) electrons. The minimum Gasteiger partial charge on any atom is -0.426 e. The maximum atomic E-state index is 13.1. The summed E-state index contributed by atoms with van der Waals surface area (Å²) in [5.74, 6) is -1.47. The van der Waals surface area contributed by atoms with Gasteiger partial charge in [0.2, 0.25) is 12.7 Å². The molecule has 1 unspecified atom stereocenters. The lowest BCUT2D eigenvalue weighted by Gasteiger charge is -2.42. The van der Waals surface area contributed by atoms with Crippen LogP contribution in [0.5, 0.6) is 0 Å². The first-order valence-electron chi connectivity index (χ1n) is 12.7. The molecule has 5 aliphatic rings. The van der Waals surface area contributed by atoms with Crippen molar-refractivity contribution in [3.63, 3.8) is 0 Å². The Kier molecular flexibility index (Phi) is 7.44. The fourth-order valence-corrected chi connectivity index (χ4v) is 10.00. The average Bonchev–Trinajstić information content (AvgIpc) is 3.07. The number of esters is 2. The third-order valence-electron chi connectivity index (χ3n) is 7.67. The Morgan fingerprint density at radius 3 is 2.00 bits per heavy atom. The van der Waals surface area contributed by atoms with Gasteiger partial charge in [0.25, 0.3) is 5.91 Å². The lowest BCUT2D eigenvalue weighted by Crippen LogP contribution is -2.65. The number of hydrogen-bond donors (Lipinski definition) is 0. The van der Waals surface area contributed by atoms with Crippen molar-refractivity contribution in [1.82, 2.24) is 14.7 Å². The lowest BCUT2D eigenvalue weighted by atomic mass is 9.96. The standard InChI is InChI=1S/C24H33IN4O6S2/c1-23(2)15(28-17(30)13(25)19(28)36-23)21(32)34-12-35-22(33)16-24(3,4)37-20-14(18(31)29(16)20)26-11-27-9-7-5-6-8-10-27/h11,13-16,19-20H,5-10,12H2,1-4H3/b26-11+/t13-,14?,15+,16+,19-,20-/m1/s1. The van der Waals surface area contributed by atoms with Crippen molar-refractivity contribution >= 4 is 76.2 Å². The van der Waals surface area contributed by atoms with Gasteiger partial charge in [-0.1, -0.05) is 35.4 Å². The lowest BCUT2D eigenvalue weighted by molar-refractivity contribution is -0.180. The molecule has 0 saturated carbocycles. The van der Waals surface area contributed by atoms with Crippen LogP contribution in [0.2, 0.25) is 0 Å². The molecule has 13 heteroatoms. The third-order valence-corrected chi connectivity index (χ3v) is 12.5. The van der Waals surface area contributed by atoms with Crippen LogP contribution in [0.1, 0.15) is 53.4 Å². The highest BCUT2D eigenvalue weighted by Gasteiger charge is 2.65. The second kappa shape index (κ2) is 10.1. The molecule has 0 aromatic heterocycles. The number of rotatable bonds is 6. The fraction of sp³-hybridized carbons (Fsp3) is 0.792. The number of alkyl halides is 1. The van der Waals surface area contributed by atoms with Crippen molar-refractivity contribution in [1.29, 1.82) is 0 Å². The fourth-order valence-electron chi connectivity index (χ4n) is 5.74. The Morgan fingerprint density at radius 2 is 1.43 bits per heavy atom. The van der Waals surface area contributed by atoms with E-state index in [9.17, 15) is 19.2 Å². The summed E-state index contributed by atoms with van der Waals surface area (Å²) in [6, 6.07) is -2.03. The van der Waals surface area contributed by atoms with E-state index >= 15 is 0 Å². The zero-order chi connectivity index (χ0) is 26.7. The summed E-state index contributed by atoms with van der Waals surface area (Å²) in [6.07, 6.45) is 6.51. The summed E-state index contributed by atoms with van der Waals surface area (Å²) < 4.78 is 9.41. The predicted octanol–water partition coefficient (Wildman–Crippen LogP) is 2.23. The topological polar surface area (TPSA) is 109 Å². The number of halogens is 1. The minimum absolute atomic E-state index is 0.0520. The van der Waals surface area contributed by atoms with Gasteiger partial charge in [-0.15, -0.1) is 23.5 Å². The number of thioether (sulfide) groups is 2. The molecule has 5 rings (SSSR count). The zero-order valence-corrected chi connectivity index (χ0v) is 25.2. The van der Waals surface area contributed by atoms with E-state index < -0.39 is 46.4 Å². The van der Waals surface area contributed by atoms with Crippen molar-refractivity contribution in [3.05, 3.63) is 0 Å². The van der Waals surface area contributed by atoms with Crippen LogP contribution >= 0.6 is 46.1 Å². The van der Waals surface area contributed by atoms with Crippen molar-refractivity contribution in [2.75, 3.05) is 19.9 Å². The molecule has 5 saturated heterocycles. The Bertz CT molecular complexity index is 1020. The van der Waals surface area contributed by atoms with E-state index in [2.05, 4.69) is 32.5 Å². The number of hydrogen-bond acceptors (Lipinski definition) is 9. The molecule has 5 aliphatic heterocycles. The van der Waals surface area contributed by atoms with Gasteiger partial charge in [0.15, 0.2) is 6.04 Å². The molecule has 0 aromatic carbocycles. The molecular weight excluding hydrogens is 631 g/mol. The molecule has 10 nitrogen and oxygen atoms in total. The van der Waals surface area contributed by atoms with Crippen molar-refractivity contribution in [2.45, 2.75) is 95.7 Å². The van der Waals surface area contributed by atoms with Crippen LogP contribution in [-0.2, 0) is 28.7 Å². The van der Waals surface area contributed by atoms with E-state index in [-0.39, 0.29) is 26.5 Å². The minimum atomic E-state index is -0.794. The Morgan fingerprint density at radius 1 is 0.919 bits per heavy atom. The summed E-state index contributed by atoms with van der Waals surface area (Å²) in [4.78, 5) is 61.1. The number of aliphatic imine (C=N–C) groups is 1. The van der Waals surface area contributed by atoms with Crippen LogP contribution in [-0.4, -0.2) is 107 Å². The molecule has 2 amide bonds. The first kappa shape index (κ1) is 27.4. The van der Waals surface area contributed by atoms with Crippen molar-refractivity contribution in [3.8, 4) is 0 Å². The molecule has 5 heterocycles. The highest BCUT2D eigenvalue weighted by Crippen LogP contribution is 2.53. The Labute approximate surface area is 239 Å². The number of carbonyl (C=O) groups is 4. The normalized spacial score (nSPS) is 36.0. The first-order chi connectivity index (χ1) is 17.4. The van der Waals surface area contributed by atoms with Gasteiger partial charge in [0, 0.05) is 22.6 Å². The van der Waals surface area contributed by atoms with Gasteiger partial charge in [-0.2, -0.15) is 0 Å². The first-order valence-corrected chi connectivity index (χ1v) is 15.7. The number of amides is 2. The summed E-state index contributed by atoms with van der Waals surface area (Å²) in [5, 5.41) is -0.276. The van der Waals surface area contributed by atoms with Crippen LogP contribution in [0.3, 0.4) is 0 Å². The van der Waals surface area contributed by atoms with E-state index in [1.807, 2.05) is 27.7 Å². The van der Waals surface area contributed by atoms with Gasteiger partial charge < -0.3 is 24.2 Å². The second-order valence-electron chi connectivity index (χ2n) is 11.1. The van der Waals surface area contributed by atoms with Crippen LogP contribution < -0.4 is 0 Å². The summed E-state index contributed by atoms with van der Waals surface area (Å²) in [7, 11) is 0. The smallest absolute Gasteiger partial charge is 0.333 e. The monoisotopic (exact) mass is 664 g/mol. The van der Waals surface area contributed by atoms with Crippen LogP contribution in [0.15, 0.2) is 4.99 Å². The number of carbonyl (C=O) groups excluding carboxylic acids is 4. The molecule has 0 aromatic rings. The Hall–Kier alpha value is -1.22. The molecule has 0 spiro atoms. The third kappa shape index (κ3) is 4.74. The van der Waals surface area contributed by atoms with Crippen LogP contribution in [0.4, 0.5) is 0 Å². The summed E-state index contributed by atoms with van der Waals surface area (Å²) in [6.45, 7) is 8.97. The predicted molar refractivity (Wildman–Crippen MR) is 149 cm³/mol. The summed E-state index contributed by atoms with van der Waals surface area (Å²) in [5.41, 5.74) is 0. The SMILES string of the molecule is CC1(C)S[C@@H]2C(/N=C/N3CCCCCC3)C(=O)N2[C@H]1C(=O)OCOC(=O)[C@@H]1N2C(=O)[C@@H](I)[C@H]2SC1(C)C. The molecule has 6 atom stereocenters. The van der Waals surface area contributed by atoms with E-state index in [1.54, 1.807) is 39.7 Å². The number of likely N-dealkylation sites (tertiary alicyclic amines) is 1. The number of nitrogens with zero attached hydrogens (tertiary/aromatic N) is 4. The van der Waals surface area contributed by atoms with Gasteiger partial charge in [-0.25, -0.2) is 9.59 Å². The summed E-state index contributed by atoms with van der Waals surface area (Å²) >= 11 is 5.22. The molecule has 204 valence electrons. The number of ether oxygens (including phenoxy) is 2. The van der Waals surface area contributed by atoms with Gasteiger partial charge in [-0.05, 0) is 40.5 Å². The zero-order valence-electron chi connectivity index (χ0n) is 21.4. The van der Waals surface area contributed by atoms with Gasteiger partial charge in [0.05, 0.1) is 6.34 Å². The molecule has 0 bridgehead atoms. The molecule has 5 fully saturated rings. The highest BCUT2D eigenvalue weighted by atomic mass is 127. The van der Waals surface area contributed by atoms with E-state index in [1.165, 1.54) is 12.8 Å². The van der Waals surface area contributed by atoms with Gasteiger partial charge in [-0.3, -0.25) is 14.6 Å². The van der Waals surface area contributed by atoms with E-state index in [0.717, 1.165) is 25.9 Å². The van der Waals surface area contributed by atoms with E-state index in [4.69, 9.17) is 9.47 Å².